The van der Waals surface area contributed by atoms with Crippen LogP contribution in [-0.2, 0) is 4.74 Å². The zero-order valence-electron chi connectivity index (χ0n) is 18.5. The van der Waals surface area contributed by atoms with Gasteiger partial charge in [0.15, 0.2) is 6.61 Å². The Kier molecular flexibility index (Phi) is 14.6. The molecule has 1 aromatic carbocycles. The maximum atomic E-state index is 11.6. The molecule has 0 atom stereocenters. The first-order chi connectivity index (χ1) is 14.1. The molecule has 1 aromatic rings. The second-order valence-electron chi connectivity index (χ2n) is 8.31. The molecule has 0 bridgehead atoms. The van der Waals surface area contributed by atoms with Crippen LogP contribution in [0.1, 0.15) is 101 Å². The Labute approximate surface area is 178 Å². The van der Waals surface area contributed by atoms with Crippen molar-refractivity contribution in [2.24, 2.45) is 5.92 Å². The van der Waals surface area contributed by atoms with Crippen molar-refractivity contribution in [1.29, 1.82) is 5.26 Å². The first-order valence-electron chi connectivity index (χ1n) is 11.5. The molecule has 0 heterocycles. The lowest BCUT2D eigenvalue weighted by Gasteiger charge is -2.07. The summed E-state index contributed by atoms with van der Waals surface area (Å²) in [6.45, 7) is 5.37. The van der Waals surface area contributed by atoms with Crippen LogP contribution >= 0.6 is 0 Å². The van der Waals surface area contributed by atoms with Gasteiger partial charge in [0.05, 0.1) is 5.56 Å². The number of hydrogen-bond acceptors (Lipinski definition) is 4. The third-order valence-electron chi connectivity index (χ3n) is 5.18. The minimum absolute atomic E-state index is 0.211. The molecule has 0 aliphatic carbocycles. The zero-order chi connectivity index (χ0) is 21.2. The summed E-state index contributed by atoms with van der Waals surface area (Å²) in [6.07, 6.45) is 16.3. The van der Waals surface area contributed by atoms with Crippen LogP contribution in [0.25, 0.3) is 0 Å². The van der Waals surface area contributed by atoms with Crippen LogP contribution in [0.3, 0.4) is 0 Å². The molecule has 4 heteroatoms. The first kappa shape index (κ1) is 25.0. The van der Waals surface area contributed by atoms with E-state index in [1.165, 1.54) is 77.0 Å². The smallest absolute Gasteiger partial charge is 0.339 e. The Balaban J connectivity index is 1.92. The molecule has 0 saturated heterocycles. The molecular formula is C25H40N2O2. The van der Waals surface area contributed by atoms with E-state index in [0.29, 0.717) is 5.56 Å². The minimum atomic E-state index is -0.454. The van der Waals surface area contributed by atoms with Gasteiger partial charge < -0.3 is 10.1 Å². The quantitative estimate of drug-likeness (QED) is 0.223. The molecule has 0 fully saturated rings. The zero-order valence-corrected chi connectivity index (χ0v) is 18.5. The molecule has 29 heavy (non-hydrogen) atoms. The van der Waals surface area contributed by atoms with Crippen LogP contribution in [0.5, 0.6) is 0 Å². The summed E-state index contributed by atoms with van der Waals surface area (Å²) >= 11 is 0. The number of nitriles is 1. The van der Waals surface area contributed by atoms with Crippen molar-refractivity contribution in [2.75, 3.05) is 18.5 Å². The standard InChI is InChI=1S/C25H40N2O2/c1-22(2)14-12-10-8-6-4-3-5-7-9-11-13-20-27-24-17-15-23(16-18-24)25(28)29-21-19-26/h15-18,22,27H,3-14,20-21H2,1-2H3. The highest BCUT2D eigenvalue weighted by Crippen LogP contribution is 2.14. The van der Waals surface area contributed by atoms with Gasteiger partial charge in [-0.3, -0.25) is 0 Å². The molecule has 0 amide bonds. The van der Waals surface area contributed by atoms with Crippen LogP contribution in [0.15, 0.2) is 24.3 Å². The number of anilines is 1. The Morgan fingerprint density at radius 1 is 0.897 bits per heavy atom. The van der Waals surface area contributed by atoms with E-state index in [1.54, 1.807) is 18.2 Å². The molecular weight excluding hydrogens is 360 g/mol. The van der Waals surface area contributed by atoms with Crippen LogP contribution in [0.4, 0.5) is 5.69 Å². The number of rotatable bonds is 17. The lowest BCUT2D eigenvalue weighted by molar-refractivity contribution is 0.0555. The fraction of sp³-hybridized carbons (Fsp3) is 0.680. The summed E-state index contributed by atoms with van der Waals surface area (Å²) in [5.74, 6) is 0.404. The van der Waals surface area contributed by atoms with Gasteiger partial charge in [-0.05, 0) is 36.6 Å². The maximum absolute atomic E-state index is 11.6. The van der Waals surface area contributed by atoms with Gasteiger partial charge in [-0.15, -0.1) is 0 Å². The topological polar surface area (TPSA) is 62.1 Å². The van der Waals surface area contributed by atoms with E-state index < -0.39 is 5.97 Å². The normalized spacial score (nSPS) is 10.7. The Hall–Kier alpha value is -2.02. The van der Waals surface area contributed by atoms with Crippen LogP contribution in [0, 0.1) is 17.2 Å². The van der Waals surface area contributed by atoms with Crippen molar-refractivity contribution in [1.82, 2.24) is 0 Å². The lowest BCUT2D eigenvalue weighted by Crippen LogP contribution is -2.06. The highest BCUT2D eigenvalue weighted by Gasteiger charge is 2.06. The van der Waals surface area contributed by atoms with Gasteiger partial charge in [0.25, 0.3) is 0 Å². The van der Waals surface area contributed by atoms with E-state index in [0.717, 1.165) is 18.2 Å². The molecule has 0 spiro atoms. The number of carbonyl (C=O) groups is 1. The van der Waals surface area contributed by atoms with E-state index in [4.69, 9.17) is 10.00 Å². The summed E-state index contributed by atoms with van der Waals surface area (Å²) in [5.41, 5.74) is 1.48. The molecule has 1 rings (SSSR count). The molecule has 0 aliphatic heterocycles. The fourth-order valence-corrected chi connectivity index (χ4v) is 3.41. The van der Waals surface area contributed by atoms with Crippen molar-refractivity contribution < 1.29 is 9.53 Å². The second kappa shape index (κ2) is 16.9. The van der Waals surface area contributed by atoms with Crippen molar-refractivity contribution in [2.45, 2.75) is 90.9 Å². The van der Waals surface area contributed by atoms with E-state index >= 15 is 0 Å². The Bertz CT molecular complexity index is 575. The van der Waals surface area contributed by atoms with E-state index in [-0.39, 0.29) is 6.61 Å². The van der Waals surface area contributed by atoms with Crippen molar-refractivity contribution in [3.8, 4) is 6.07 Å². The average molecular weight is 401 g/mol. The number of ether oxygens (including phenoxy) is 1. The van der Waals surface area contributed by atoms with Gasteiger partial charge in [-0.1, -0.05) is 84.5 Å². The van der Waals surface area contributed by atoms with E-state index in [9.17, 15) is 4.79 Å². The number of nitrogens with one attached hydrogen (secondary N) is 1. The number of esters is 1. The number of benzene rings is 1. The first-order valence-corrected chi connectivity index (χ1v) is 11.5. The number of unbranched alkanes of at least 4 members (excludes halogenated alkanes) is 10. The SMILES string of the molecule is CC(C)CCCCCCCCCCCCCNc1ccc(C(=O)OCC#N)cc1. The van der Waals surface area contributed by atoms with Gasteiger partial charge in [0, 0.05) is 12.2 Å². The average Bonchev–Trinajstić information content (AvgIpc) is 2.72. The molecule has 1 N–H and O–H groups in total. The maximum Gasteiger partial charge on any atom is 0.339 e. The predicted octanol–water partition coefficient (Wildman–Crippen LogP) is 7.12. The molecule has 0 unspecified atom stereocenters. The highest BCUT2D eigenvalue weighted by molar-refractivity contribution is 5.89. The number of nitrogens with zero attached hydrogens (tertiary/aromatic N) is 1. The summed E-state index contributed by atoms with van der Waals surface area (Å²) < 4.78 is 4.79. The summed E-state index contributed by atoms with van der Waals surface area (Å²) in [4.78, 5) is 11.6. The van der Waals surface area contributed by atoms with Crippen LogP contribution < -0.4 is 5.32 Å². The van der Waals surface area contributed by atoms with Gasteiger partial charge in [0.2, 0.25) is 0 Å². The van der Waals surface area contributed by atoms with Gasteiger partial charge in [-0.25, -0.2) is 4.79 Å². The molecule has 0 radical (unpaired) electrons. The monoisotopic (exact) mass is 400 g/mol. The minimum Gasteiger partial charge on any atom is -0.447 e. The Morgan fingerprint density at radius 2 is 1.41 bits per heavy atom. The molecule has 0 aliphatic rings. The summed E-state index contributed by atoms with van der Waals surface area (Å²) in [6, 6.07) is 9.01. The van der Waals surface area contributed by atoms with Gasteiger partial charge in [0.1, 0.15) is 6.07 Å². The molecule has 0 saturated carbocycles. The summed E-state index contributed by atoms with van der Waals surface area (Å²) in [5, 5.41) is 11.8. The lowest BCUT2D eigenvalue weighted by atomic mass is 10.0. The summed E-state index contributed by atoms with van der Waals surface area (Å²) in [7, 11) is 0. The van der Waals surface area contributed by atoms with Crippen LogP contribution in [0.2, 0.25) is 0 Å². The number of carbonyl (C=O) groups excluding carboxylic acids is 1. The highest BCUT2D eigenvalue weighted by atomic mass is 16.5. The predicted molar refractivity (Wildman–Crippen MR) is 121 cm³/mol. The van der Waals surface area contributed by atoms with Crippen molar-refractivity contribution in [3.63, 3.8) is 0 Å². The van der Waals surface area contributed by atoms with E-state index in [1.807, 2.05) is 12.1 Å². The third-order valence-corrected chi connectivity index (χ3v) is 5.18. The van der Waals surface area contributed by atoms with Crippen molar-refractivity contribution >= 4 is 11.7 Å². The van der Waals surface area contributed by atoms with Gasteiger partial charge >= 0.3 is 5.97 Å². The third kappa shape index (κ3) is 13.7. The molecule has 162 valence electrons. The van der Waals surface area contributed by atoms with Gasteiger partial charge in [-0.2, -0.15) is 5.26 Å². The number of hydrogen-bond donors (Lipinski definition) is 1. The second-order valence-corrected chi connectivity index (χ2v) is 8.31. The van der Waals surface area contributed by atoms with Crippen LogP contribution in [-0.4, -0.2) is 19.1 Å². The molecule has 0 aromatic heterocycles. The fourth-order valence-electron chi connectivity index (χ4n) is 3.41. The Morgan fingerprint density at radius 3 is 1.93 bits per heavy atom. The van der Waals surface area contributed by atoms with Crippen molar-refractivity contribution in [3.05, 3.63) is 29.8 Å². The van der Waals surface area contributed by atoms with E-state index in [2.05, 4.69) is 19.2 Å². The largest absolute Gasteiger partial charge is 0.447 e. The molecule has 4 nitrogen and oxygen atoms in total.